The van der Waals surface area contributed by atoms with Crippen LogP contribution in [0.5, 0.6) is 0 Å². The van der Waals surface area contributed by atoms with Gasteiger partial charge in [0.1, 0.15) is 0 Å². The van der Waals surface area contributed by atoms with Gasteiger partial charge < -0.3 is 15.0 Å². The van der Waals surface area contributed by atoms with Crippen molar-refractivity contribution < 1.29 is 14.3 Å². The molecule has 2 aromatic rings. The minimum absolute atomic E-state index is 0.0509. The number of morpholine rings is 1. The molecule has 1 aromatic carbocycles. The Hall–Kier alpha value is -2.73. The average molecular weight is 339 g/mol. The molecule has 2 heterocycles. The fourth-order valence-corrected chi connectivity index (χ4v) is 2.76. The second-order valence-corrected chi connectivity index (χ2v) is 6.04. The Balaban J connectivity index is 1.76. The summed E-state index contributed by atoms with van der Waals surface area (Å²) < 4.78 is 5.52. The van der Waals surface area contributed by atoms with Crippen LogP contribution in [0.2, 0.25) is 0 Å². The summed E-state index contributed by atoms with van der Waals surface area (Å²) in [7, 11) is 0. The van der Waals surface area contributed by atoms with Gasteiger partial charge in [-0.25, -0.2) is 0 Å². The first kappa shape index (κ1) is 17.1. The van der Waals surface area contributed by atoms with Crippen LogP contribution in [0.15, 0.2) is 42.6 Å². The van der Waals surface area contributed by atoms with Crippen LogP contribution in [0, 0.1) is 6.92 Å². The van der Waals surface area contributed by atoms with Crippen LogP contribution in [0.25, 0.3) is 11.1 Å². The van der Waals surface area contributed by atoms with Crippen LogP contribution < -0.4 is 5.32 Å². The third kappa shape index (κ3) is 4.03. The molecule has 2 amide bonds. The number of rotatable bonds is 3. The molecular formula is C19H21N3O3. The number of aromatic nitrogens is 1. The van der Waals surface area contributed by atoms with Crippen LogP contribution in [0.4, 0.5) is 5.69 Å². The molecule has 6 nitrogen and oxygen atoms in total. The molecular weight excluding hydrogens is 318 g/mol. The van der Waals surface area contributed by atoms with Crippen LogP contribution >= 0.6 is 0 Å². The van der Waals surface area contributed by atoms with E-state index in [0.29, 0.717) is 18.8 Å². The van der Waals surface area contributed by atoms with Crippen molar-refractivity contribution in [3.05, 3.63) is 48.3 Å². The van der Waals surface area contributed by atoms with Gasteiger partial charge >= 0.3 is 0 Å². The number of benzene rings is 1. The molecule has 0 radical (unpaired) electrons. The lowest BCUT2D eigenvalue weighted by Crippen LogP contribution is -2.49. The Morgan fingerprint density at radius 1 is 1.24 bits per heavy atom. The van der Waals surface area contributed by atoms with Crippen LogP contribution in [0.3, 0.4) is 0 Å². The van der Waals surface area contributed by atoms with Gasteiger partial charge in [-0.2, -0.15) is 0 Å². The number of carbonyl (C=O) groups is 2. The summed E-state index contributed by atoms with van der Waals surface area (Å²) in [6.07, 6.45) is 1.12. The van der Waals surface area contributed by atoms with Gasteiger partial charge in [-0.15, -0.1) is 0 Å². The lowest BCUT2D eigenvalue weighted by Gasteiger charge is -2.31. The third-order valence-corrected chi connectivity index (χ3v) is 4.26. The highest BCUT2D eigenvalue weighted by Gasteiger charge is 2.28. The van der Waals surface area contributed by atoms with Gasteiger partial charge in [0.05, 0.1) is 24.5 Å². The second-order valence-electron chi connectivity index (χ2n) is 6.04. The van der Waals surface area contributed by atoms with Crippen molar-refractivity contribution in [3.8, 4) is 11.1 Å². The molecule has 0 bridgehead atoms. The van der Waals surface area contributed by atoms with Crippen molar-refractivity contribution in [3.63, 3.8) is 0 Å². The fraction of sp³-hybridized carbons (Fsp3) is 0.316. The molecule has 1 N–H and O–H groups in total. The zero-order chi connectivity index (χ0) is 17.8. The summed E-state index contributed by atoms with van der Waals surface area (Å²) in [5.74, 6) is -0.314. The molecule has 1 fully saturated rings. The Morgan fingerprint density at radius 3 is 2.72 bits per heavy atom. The monoisotopic (exact) mass is 339 g/mol. The SMILES string of the molecule is CC(=O)N1CCOC(C(=O)Nc2cc(-c3ccccc3)cnc2C)C1. The number of ether oxygens (including phenoxy) is 1. The van der Waals surface area contributed by atoms with Gasteiger partial charge in [0.2, 0.25) is 5.91 Å². The highest BCUT2D eigenvalue weighted by Crippen LogP contribution is 2.24. The number of hydrogen-bond acceptors (Lipinski definition) is 4. The molecule has 1 atom stereocenters. The summed E-state index contributed by atoms with van der Waals surface area (Å²) in [6, 6.07) is 11.8. The van der Waals surface area contributed by atoms with Crippen LogP contribution in [-0.2, 0) is 14.3 Å². The molecule has 6 heteroatoms. The summed E-state index contributed by atoms with van der Waals surface area (Å²) in [4.78, 5) is 30.0. The van der Waals surface area contributed by atoms with Gasteiger partial charge in [0, 0.05) is 25.2 Å². The van der Waals surface area contributed by atoms with Gasteiger partial charge in [0.25, 0.3) is 5.91 Å². The molecule has 1 aliphatic rings. The zero-order valence-electron chi connectivity index (χ0n) is 14.4. The molecule has 0 spiro atoms. The van der Waals surface area contributed by atoms with Crippen LogP contribution in [0.1, 0.15) is 12.6 Å². The number of hydrogen-bond donors (Lipinski definition) is 1. The minimum atomic E-state index is -0.669. The van der Waals surface area contributed by atoms with E-state index < -0.39 is 6.10 Å². The average Bonchev–Trinajstić information content (AvgIpc) is 2.64. The van der Waals surface area contributed by atoms with Gasteiger partial charge in [-0.3, -0.25) is 14.6 Å². The van der Waals surface area contributed by atoms with Crippen molar-refractivity contribution in [2.24, 2.45) is 0 Å². The number of carbonyl (C=O) groups excluding carboxylic acids is 2. The molecule has 0 aliphatic carbocycles. The van der Waals surface area contributed by atoms with Crippen molar-refractivity contribution in [1.29, 1.82) is 0 Å². The van der Waals surface area contributed by atoms with E-state index in [0.717, 1.165) is 16.8 Å². The third-order valence-electron chi connectivity index (χ3n) is 4.26. The van der Waals surface area contributed by atoms with E-state index >= 15 is 0 Å². The van der Waals surface area contributed by atoms with E-state index in [4.69, 9.17) is 4.74 Å². The fourth-order valence-electron chi connectivity index (χ4n) is 2.76. The van der Waals surface area contributed by atoms with Gasteiger partial charge in [0.15, 0.2) is 6.10 Å². The molecule has 1 unspecified atom stereocenters. The predicted molar refractivity (Wildman–Crippen MR) is 95.0 cm³/mol. The standard InChI is InChI=1S/C19H21N3O3/c1-13-17(10-16(11-20-13)15-6-4-3-5-7-15)21-19(24)18-12-22(14(2)23)8-9-25-18/h3-7,10-11,18H,8-9,12H2,1-2H3,(H,21,24). The predicted octanol–water partition coefficient (Wildman–Crippen LogP) is 2.24. The molecule has 0 saturated carbocycles. The largest absolute Gasteiger partial charge is 0.365 e. The number of amides is 2. The summed E-state index contributed by atoms with van der Waals surface area (Å²) in [5.41, 5.74) is 3.33. The van der Waals surface area contributed by atoms with Gasteiger partial charge in [-0.1, -0.05) is 30.3 Å². The van der Waals surface area contributed by atoms with Crippen molar-refractivity contribution >= 4 is 17.5 Å². The first-order valence-electron chi connectivity index (χ1n) is 8.24. The summed E-state index contributed by atoms with van der Waals surface area (Å²) in [6.45, 7) is 4.49. The molecule has 130 valence electrons. The summed E-state index contributed by atoms with van der Waals surface area (Å²) >= 11 is 0. The molecule has 25 heavy (non-hydrogen) atoms. The first-order valence-corrected chi connectivity index (χ1v) is 8.24. The van der Waals surface area contributed by atoms with E-state index in [1.807, 2.05) is 43.3 Å². The maximum absolute atomic E-state index is 12.5. The van der Waals surface area contributed by atoms with Crippen molar-refractivity contribution in [1.82, 2.24) is 9.88 Å². The Morgan fingerprint density at radius 2 is 2.00 bits per heavy atom. The normalized spacial score (nSPS) is 17.2. The van der Waals surface area contributed by atoms with E-state index in [1.165, 1.54) is 6.92 Å². The van der Waals surface area contributed by atoms with E-state index in [-0.39, 0.29) is 18.4 Å². The second kappa shape index (κ2) is 7.44. The van der Waals surface area contributed by atoms with E-state index in [1.54, 1.807) is 11.1 Å². The van der Waals surface area contributed by atoms with Crippen molar-refractivity contribution in [2.45, 2.75) is 20.0 Å². The number of nitrogens with one attached hydrogen (secondary N) is 1. The van der Waals surface area contributed by atoms with Crippen molar-refractivity contribution in [2.75, 3.05) is 25.0 Å². The van der Waals surface area contributed by atoms with E-state index in [9.17, 15) is 9.59 Å². The first-order chi connectivity index (χ1) is 12.0. The minimum Gasteiger partial charge on any atom is -0.365 e. The lowest BCUT2D eigenvalue weighted by atomic mass is 10.1. The van der Waals surface area contributed by atoms with E-state index in [2.05, 4.69) is 10.3 Å². The molecule has 3 rings (SSSR count). The zero-order valence-corrected chi connectivity index (χ0v) is 14.4. The van der Waals surface area contributed by atoms with Crippen LogP contribution in [-0.4, -0.2) is 47.5 Å². The Kier molecular flexibility index (Phi) is 5.09. The quantitative estimate of drug-likeness (QED) is 0.931. The maximum atomic E-state index is 12.5. The number of nitrogens with zero attached hydrogens (tertiary/aromatic N) is 2. The maximum Gasteiger partial charge on any atom is 0.255 e. The highest BCUT2D eigenvalue weighted by molar-refractivity contribution is 5.95. The molecule has 1 aromatic heterocycles. The molecule has 1 saturated heterocycles. The highest BCUT2D eigenvalue weighted by atomic mass is 16.5. The smallest absolute Gasteiger partial charge is 0.255 e. The number of aryl methyl sites for hydroxylation is 1. The number of anilines is 1. The molecule has 1 aliphatic heterocycles. The van der Waals surface area contributed by atoms with Gasteiger partial charge in [-0.05, 0) is 18.6 Å². The lowest BCUT2D eigenvalue weighted by molar-refractivity contribution is -0.143. The number of pyridine rings is 1. The summed E-state index contributed by atoms with van der Waals surface area (Å²) in [5, 5.41) is 2.89. The Bertz CT molecular complexity index is 777. The topological polar surface area (TPSA) is 71.5 Å². The Labute approximate surface area is 146 Å².